The van der Waals surface area contributed by atoms with Crippen molar-refractivity contribution in [3.63, 3.8) is 0 Å². The lowest BCUT2D eigenvalue weighted by Gasteiger charge is -2.48. The summed E-state index contributed by atoms with van der Waals surface area (Å²) in [5, 5.41) is 3.55. The SMILES string of the molecule is COCCNC1CSC2(C1)CN(C(=O)C1CC1(C)C)C2. The third-order valence-electron chi connectivity index (χ3n) is 5.03. The average Bonchev–Trinajstić information content (AvgIpc) is 2.82. The molecule has 0 aromatic heterocycles. The molecule has 3 rings (SSSR count). The Kier molecular flexibility index (Phi) is 3.80. The van der Waals surface area contributed by atoms with Gasteiger partial charge in [0.15, 0.2) is 0 Å². The Bertz CT molecular complexity index is 393. The zero-order valence-corrected chi connectivity index (χ0v) is 13.6. The van der Waals surface area contributed by atoms with Gasteiger partial charge in [0.1, 0.15) is 0 Å². The minimum atomic E-state index is 0.257. The van der Waals surface area contributed by atoms with Gasteiger partial charge in [-0.15, -0.1) is 11.8 Å². The first kappa shape index (κ1) is 14.7. The molecule has 1 amide bonds. The number of rotatable bonds is 5. The van der Waals surface area contributed by atoms with Crippen LogP contribution in [0.2, 0.25) is 0 Å². The lowest BCUT2D eigenvalue weighted by Crippen LogP contribution is -2.61. The third kappa shape index (κ3) is 2.72. The number of hydrogen-bond donors (Lipinski definition) is 1. The van der Waals surface area contributed by atoms with E-state index in [9.17, 15) is 4.79 Å². The molecule has 3 aliphatic rings. The van der Waals surface area contributed by atoms with E-state index in [-0.39, 0.29) is 5.41 Å². The van der Waals surface area contributed by atoms with Gasteiger partial charge in [0.25, 0.3) is 0 Å². The van der Waals surface area contributed by atoms with Crippen LogP contribution in [0.15, 0.2) is 0 Å². The van der Waals surface area contributed by atoms with Crippen molar-refractivity contribution >= 4 is 17.7 Å². The third-order valence-corrected chi connectivity index (χ3v) is 6.64. The molecule has 2 saturated heterocycles. The molecule has 0 bridgehead atoms. The molecular formula is C15H26N2O2S. The Morgan fingerprint density at radius 3 is 2.70 bits per heavy atom. The quantitative estimate of drug-likeness (QED) is 0.778. The smallest absolute Gasteiger partial charge is 0.226 e. The van der Waals surface area contributed by atoms with Crippen molar-refractivity contribution in [3.8, 4) is 0 Å². The summed E-state index contributed by atoms with van der Waals surface area (Å²) in [7, 11) is 1.74. The predicted octanol–water partition coefficient (Wildman–Crippen LogP) is 1.35. The number of carbonyl (C=O) groups is 1. The van der Waals surface area contributed by atoms with Crippen molar-refractivity contribution in [3.05, 3.63) is 0 Å². The van der Waals surface area contributed by atoms with E-state index in [2.05, 4.69) is 35.8 Å². The van der Waals surface area contributed by atoms with E-state index in [0.717, 1.165) is 32.7 Å². The van der Waals surface area contributed by atoms with Crippen LogP contribution >= 0.6 is 11.8 Å². The highest BCUT2D eigenvalue weighted by Crippen LogP contribution is 2.54. The minimum Gasteiger partial charge on any atom is -0.383 e. The fraction of sp³-hybridized carbons (Fsp3) is 0.933. The highest BCUT2D eigenvalue weighted by molar-refractivity contribution is 8.01. The Balaban J connectivity index is 1.42. The Labute approximate surface area is 126 Å². The molecule has 20 heavy (non-hydrogen) atoms. The van der Waals surface area contributed by atoms with Crippen LogP contribution in [0.5, 0.6) is 0 Å². The second kappa shape index (κ2) is 5.18. The van der Waals surface area contributed by atoms with Crippen LogP contribution in [0.25, 0.3) is 0 Å². The summed E-state index contributed by atoms with van der Waals surface area (Å²) < 4.78 is 5.42. The Morgan fingerprint density at radius 1 is 1.40 bits per heavy atom. The number of amides is 1. The van der Waals surface area contributed by atoms with Crippen molar-refractivity contribution in [2.75, 3.05) is 39.1 Å². The molecule has 0 aromatic carbocycles. The van der Waals surface area contributed by atoms with Gasteiger partial charge in [0.05, 0.1) is 11.4 Å². The number of nitrogens with one attached hydrogen (secondary N) is 1. The zero-order chi connectivity index (χ0) is 14.4. The van der Waals surface area contributed by atoms with Crippen molar-refractivity contribution in [1.29, 1.82) is 0 Å². The molecule has 2 unspecified atom stereocenters. The van der Waals surface area contributed by atoms with E-state index in [1.807, 2.05) is 0 Å². The second-order valence-electron chi connectivity index (χ2n) is 7.28. The van der Waals surface area contributed by atoms with Gasteiger partial charge in [0, 0.05) is 44.5 Å². The fourth-order valence-electron chi connectivity index (χ4n) is 3.48. The first-order chi connectivity index (χ1) is 9.46. The van der Waals surface area contributed by atoms with E-state index in [4.69, 9.17) is 4.74 Å². The Hall–Kier alpha value is -0.260. The number of thioether (sulfide) groups is 1. The van der Waals surface area contributed by atoms with E-state index >= 15 is 0 Å². The number of nitrogens with zero attached hydrogens (tertiary/aromatic N) is 1. The summed E-state index contributed by atoms with van der Waals surface area (Å²) >= 11 is 2.05. The monoisotopic (exact) mass is 298 g/mol. The number of carbonyl (C=O) groups excluding carboxylic acids is 1. The zero-order valence-electron chi connectivity index (χ0n) is 12.8. The van der Waals surface area contributed by atoms with Crippen LogP contribution in [-0.4, -0.2) is 60.7 Å². The van der Waals surface area contributed by atoms with Gasteiger partial charge in [-0.05, 0) is 18.3 Å². The summed E-state index contributed by atoms with van der Waals surface area (Å²) in [5.41, 5.74) is 0.257. The molecule has 0 aromatic rings. The summed E-state index contributed by atoms with van der Waals surface area (Å²) in [6.45, 7) is 8.03. The number of methoxy groups -OCH3 is 1. The van der Waals surface area contributed by atoms with Gasteiger partial charge in [-0.2, -0.15) is 0 Å². The fourth-order valence-corrected chi connectivity index (χ4v) is 5.08. The molecule has 114 valence electrons. The maximum atomic E-state index is 12.3. The molecule has 1 spiro atoms. The summed E-state index contributed by atoms with van der Waals surface area (Å²) in [6, 6.07) is 0.588. The van der Waals surface area contributed by atoms with Crippen molar-refractivity contribution < 1.29 is 9.53 Å². The average molecular weight is 298 g/mol. The van der Waals surface area contributed by atoms with E-state index in [1.165, 1.54) is 12.2 Å². The lowest BCUT2D eigenvalue weighted by molar-refractivity contribution is -0.138. The normalized spacial score (nSPS) is 33.2. The maximum Gasteiger partial charge on any atom is 0.226 e. The van der Waals surface area contributed by atoms with Gasteiger partial charge in [-0.1, -0.05) is 13.8 Å². The molecule has 2 aliphatic heterocycles. The largest absolute Gasteiger partial charge is 0.383 e. The molecule has 3 fully saturated rings. The molecule has 5 heteroatoms. The van der Waals surface area contributed by atoms with E-state index in [0.29, 0.717) is 22.6 Å². The maximum absolute atomic E-state index is 12.3. The van der Waals surface area contributed by atoms with Gasteiger partial charge in [-0.25, -0.2) is 0 Å². The standard InChI is InChI=1S/C15H26N2O2S/c1-14(2)7-12(14)13(18)17-9-15(10-17)6-11(8-20-15)16-4-5-19-3/h11-12,16H,4-10H2,1-3H3. The highest BCUT2D eigenvalue weighted by atomic mass is 32.2. The summed E-state index contributed by atoms with van der Waals surface area (Å²) in [5.74, 6) is 1.86. The van der Waals surface area contributed by atoms with E-state index in [1.54, 1.807) is 7.11 Å². The first-order valence-corrected chi connectivity index (χ1v) is 8.59. The molecule has 2 heterocycles. The van der Waals surface area contributed by atoms with Crippen LogP contribution in [0.1, 0.15) is 26.7 Å². The van der Waals surface area contributed by atoms with Crippen LogP contribution in [0.4, 0.5) is 0 Å². The molecular weight excluding hydrogens is 272 g/mol. The number of likely N-dealkylation sites (tertiary alicyclic amines) is 1. The topological polar surface area (TPSA) is 41.6 Å². The number of ether oxygens (including phenoxy) is 1. The molecule has 1 saturated carbocycles. The lowest BCUT2D eigenvalue weighted by atomic mass is 9.91. The first-order valence-electron chi connectivity index (χ1n) is 7.61. The molecule has 4 nitrogen and oxygen atoms in total. The van der Waals surface area contributed by atoms with Gasteiger partial charge in [-0.3, -0.25) is 4.79 Å². The molecule has 1 aliphatic carbocycles. The molecule has 0 radical (unpaired) electrons. The van der Waals surface area contributed by atoms with Gasteiger partial charge in [0.2, 0.25) is 5.91 Å². The van der Waals surface area contributed by atoms with Crippen LogP contribution in [0.3, 0.4) is 0 Å². The van der Waals surface area contributed by atoms with Crippen LogP contribution in [-0.2, 0) is 9.53 Å². The molecule has 2 atom stereocenters. The highest BCUT2D eigenvalue weighted by Gasteiger charge is 2.57. The summed E-state index contributed by atoms with van der Waals surface area (Å²) in [4.78, 5) is 14.4. The molecule has 1 N–H and O–H groups in total. The van der Waals surface area contributed by atoms with Crippen LogP contribution in [0, 0.1) is 11.3 Å². The van der Waals surface area contributed by atoms with Gasteiger partial charge < -0.3 is 15.0 Å². The van der Waals surface area contributed by atoms with Crippen LogP contribution < -0.4 is 5.32 Å². The minimum absolute atomic E-state index is 0.257. The van der Waals surface area contributed by atoms with E-state index < -0.39 is 0 Å². The number of hydrogen-bond acceptors (Lipinski definition) is 4. The summed E-state index contributed by atoms with van der Waals surface area (Å²) in [6.07, 6.45) is 2.27. The predicted molar refractivity (Wildman–Crippen MR) is 81.9 cm³/mol. The van der Waals surface area contributed by atoms with Crippen molar-refractivity contribution in [2.24, 2.45) is 11.3 Å². The van der Waals surface area contributed by atoms with Crippen molar-refractivity contribution in [2.45, 2.75) is 37.5 Å². The second-order valence-corrected chi connectivity index (χ2v) is 8.77. The van der Waals surface area contributed by atoms with Crippen molar-refractivity contribution in [1.82, 2.24) is 10.2 Å². The van der Waals surface area contributed by atoms with Gasteiger partial charge >= 0.3 is 0 Å². The Morgan fingerprint density at radius 2 is 2.10 bits per heavy atom.